The normalized spacial score (nSPS) is 14.7. The fourth-order valence-electron chi connectivity index (χ4n) is 2.09. The predicted molar refractivity (Wildman–Crippen MR) is 74.5 cm³/mol. The molecule has 1 heterocycles. The van der Waals surface area contributed by atoms with Crippen LogP contribution in [0.15, 0.2) is 24.3 Å². The third kappa shape index (κ3) is 3.85. The molecule has 0 radical (unpaired) electrons. The zero-order valence-corrected chi connectivity index (χ0v) is 11.3. The number of hydrogen-bond acceptors (Lipinski definition) is 3. The number of hydrogen-bond donors (Lipinski definition) is 2. The second-order valence-electron chi connectivity index (χ2n) is 4.81. The van der Waals surface area contributed by atoms with Crippen molar-refractivity contribution in [3.05, 3.63) is 35.4 Å². The Balaban J connectivity index is 1.92. The molecule has 0 saturated heterocycles. The topological polar surface area (TPSA) is 75.6 Å². The molecule has 0 aromatic heterocycles. The highest BCUT2D eigenvalue weighted by molar-refractivity contribution is 5.92. The van der Waals surface area contributed by atoms with Crippen LogP contribution in [0.25, 0.3) is 6.08 Å². The molecular formula is C15H17NO4. The molecule has 0 saturated carbocycles. The largest absolute Gasteiger partial charge is 0.493 e. The molecule has 5 nitrogen and oxygen atoms in total. The first-order chi connectivity index (χ1) is 9.54. The summed E-state index contributed by atoms with van der Waals surface area (Å²) in [5, 5.41) is 11.2. The van der Waals surface area contributed by atoms with Crippen LogP contribution in [-0.4, -0.2) is 29.6 Å². The molecule has 1 aromatic rings. The van der Waals surface area contributed by atoms with Gasteiger partial charge in [0.2, 0.25) is 5.91 Å². The number of ether oxygens (including phenoxy) is 1. The molecule has 2 N–H and O–H groups in total. The predicted octanol–water partition coefficient (Wildman–Crippen LogP) is 1.61. The van der Waals surface area contributed by atoms with Crippen LogP contribution in [0, 0.1) is 0 Å². The first kappa shape index (κ1) is 14.1. The van der Waals surface area contributed by atoms with Crippen molar-refractivity contribution in [1.82, 2.24) is 5.32 Å². The van der Waals surface area contributed by atoms with Gasteiger partial charge in [-0.3, -0.25) is 9.59 Å². The van der Waals surface area contributed by atoms with Gasteiger partial charge in [-0.1, -0.05) is 6.07 Å². The summed E-state index contributed by atoms with van der Waals surface area (Å²) in [5.74, 6) is -0.322. The lowest BCUT2D eigenvalue weighted by Crippen LogP contribution is -2.32. The van der Waals surface area contributed by atoms with Crippen molar-refractivity contribution in [3.63, 3.8) is 0 Å². The average Bonchev–Trinajstić information content (AvgIpc) is 2.82. The fourth-order valence-corrected chi connectivity index (χ4v) is 2.09. The molecule has 0 bridgehead atoms. The van der Waals surface area contributed by atoms with Gasteiger partial charge in [0.1, 0.15) is 5.75 Å². The molecule has 0 spiro atoms. The van der Waals surface area contributed by atoms with Gasteiger partial charge in [0.25, 0.3) is 0 Å². The van der Waals surface area contributed by atoms with E-state index in [-0.39, 0.29) is 12.3 Å². The van der Waals surface area contributed by atoms with Gasteiger partial charge in [-0.05, 0) is 36.3 Å². The van der Waals surface area contributed by atoms with E-state index in [2.05, 4.69) is 5.32 Å². The maximum Gasteiger partial charge on any atom is 0.305 e. The average molecular weight is 275 g/mol. The molecule has 2 rings (SSSR count). The molecule has 1 atom stereocenters. The van der Waals surface area contributed by atoms with E-state index in [4.69, 9.17) is 9.84 Å². The monoisotopic (exact) mass is 275 g/mol. The maximum atomic E-state index is 11.6. The van der Waals surface area contributed by atoms with Crippen molar-refractivity contribution < 1.29 is 19.4 Å². The van der Waals surface area contributed by atoms with Crippen molar-refractivity contribution in [1.29, 1.82) is 0 Å². The molecule has 1 aromatic carbocycles. The Morgan fingerprint density at radius 3 is 3.05 bits per heavy atom. The minimum atomic E-state index is -0.930. The summed E-state index contributed by atoms with van der Waals surface area (Å²) in [7, 11) is 0. The summed E-state index contributed by atoms with van der Waals surface area (Å²) >= 11 is 0. The molecule has 5 heteroatoms. The van der Waals surface area contributed by atoms with E-state index < -0.39 is 12.0 Å². The summed E-state index contributed by atoms with van der Waals surface area (Å²) in [6.45, 7) is 2.36. The number of carboxylic acids is 1. The van der Waals surface area contributed by atoms with Gasteiger partial charge in [0.15, 0.2) is 0 Å². The number of benzene rings is 1. The lowest BCUT2D eigenvalue weighted by Gasteiger charge is -2.08. The summed E-state index contributed by atoms with van der Waals surface area (Å²) in [6.07, 6.45) is 3.92. The zero-order chi connectivity index (χ0) is 14.5. The van der Waals surface area contributed by atoms with Crippen molar-refractivity contribution >= 4 is 18.0 Å². The lowest BCUT2D eigenvalue weighted by molar-refractivity contribution is -0.137. The minimum absolute atomic E-state index is 0.0875. The van der Waals surface area contributed by atoms with E-state index in [9.17, 15) is 9.59 Å². The van der Waals surface area contributed by atoms with E-state index >= 15 is 0 Å². The van der Waals surface area contributed by atoms with E-state index in [0.29, 0.717) is 6.61 Å². The minimum Gasteiger partial charge on any atom is -0.493 e. The molecule has 1 unspecified atom stereocenters. The van der Waals surface area contributed by atoms with Gasteiger partial charge in [0, 0.05) is 18.5 Å². The van der Waals surface area contributed by atoms with E-state index in [1.165, 1.54) is 6.08 Å². The Kier molecular flexibility index (Phi) is 4.40. The van der Waals surface area contributed by atoms with Crippen LogP contribution in [0.1, 0.15) is 24.5 Å². The fraction of sp³-hybridized carbons (Fsp3) is 0.333. The lowest BCUT2D eigenvalue weighted by atomic mass is 10.1. The molecule has 106 valence electrons. The van der Waals surface area contributed by atoms with E-state index in [1.54, 1.807) is 13.0 Å². The van der Waals surface area contributed by atoms with Crippen molar-refractivity contribution in [2.45, 2.75) is 25.8 Å². The number of carbonyl (C=O) groups is 2. The zero-order valence-electron chi connectivity index (χ0n) is 11.3. The molecule has 0 fully saturated rings. The van der Waals surface area contributed by atoms with Crippen LogP contribution in [-0.2, 0) is 16.0 Å². The van der Waals surface area contributed by atoms with Gasteiger partial charge < -0.3 is 15.2 Å². The van der Waals surface area contributed by atoms with Crippen molar-refractivity contribution in [2.24, 2.45) is 0 Å². The Morgan fingerprint density at radius 1 is 1.50 bits per heavy atom. The third-order valence-corrected chi connectivity index (χ3v) is 3.01. The van der Waals surface area contributed by atoms with Crippen molar-refractivity contribution in [2.75, 3.05) is 6.61 Å². The standard InChI is InChI=1S/C15H17NO4/c1-10(8-15(18)19)16-14(17)5-3-11-2-4-13-12(9-11)6-7-20-13/h2-5,9-10H,6-8H2,1H3,(H,16,17)(H,18,19)/b5-3+. The van der Waals surface area contributed by atoms with E-state index in [1.807, 2.05) is 18.2 Å². The summed E-state index contributed by atoms with van der Waals surface area (Å²) < 4.78 is 5.41. The van der Waals surface area contributed by atoms with Gasteiger partial charge in [-0.15, -0.1) is 0 Å². The summed E-state index contributed by atoms with van der Waals surface area (Å²) in [5.41, 5.74) is 2.07. The highest BCUT2D eigenvalue weighted by atomic mass is 16.5. The molecule has 1 amide bonds. The molecule has 20 heavy (non-hydrogen) atoms. The van der Waals surface area contributed by atoms with Crippen LogP contribution in [0.5, 0.6) is 5.75 Å². The van der Waals surface area contributed by atoms with Gasteiger partial charge >= 0.3 is 5.97 Å². The second-order valence-corrected chi connectivity index (χ2v) is 4.81. The smallest absolute Gasteiger partial charge is 0.305 e. The number of fused-ring (bicyclic) bond motifs is 1. The molecule has 1 aliphatic heterocycles. The quantitative estimate of drug-likeness (QED) is 0.801. The number of aliphatic carboxylic acids is 1. The first-order valence-electron chi connectivity index (χ1n) is 6.50. The number of carboxylic acid groups (broad SMARTS) is 1. The third-order valence-electron chi connectivity index (χ3n) is 3.01. The Morgan fingerprint density at radius 2 is 2.30 bits per heavy atom. The van der Waals surface area contributed by atoms with E-state index in [0.717, 1.165) is 23.3 Å². The Bertz CT molecular complexity index is 551. The first-order valence-corrected chi connectivity index (χ1v) is 6.50. The molecule has 1 aliphatic rings. The van der Waals surface area contributed by atoms with Crippen LogP contribution in [0.3, 0.4) is 0 Å². The second kappa shape index (κ2) is 6.23. The maximum absolute atomic E-state index is 11.6. The van der Waals surface area contributed by atoms with Crippen molar-refractivity contribution in [3.8, 4) is 5.75 Å². The molecule has 0 aliphatic carbocycles. The van der Waals surface area contributed by atoms with Gasteiger partial charge in [-0.2, -0.15) is 0 Å². The highest BCUT2D eigenvalue weighted by Gasteiger charge is 2.11. The van der Waals surface area contributed by atoms with Gasteiger partial charge in [0.05, 0.1) is 13.0 Å². The van der Waals surface area contributed by atoms with Crippen LogP contribution < -0.4 is 10.1 Å². The number of rotatable bonds is 5. The highest BCUT2D eigenvalue weighted by Crippen LogP contribution is 2.26. The van der Waals surface area contributed by atoms with Crippen LogP contribution >= 0.6 is 0 Å². The SMILES string of the molecule is CC(CC(=O)O)NC(=O)/C=C/c1ccc2c(c1)CCO2. The molecular weight excluding hydrogens is 258 g/mol. The number of carbonyl (C=O) groups excluding carboxylic acids is 1. The Labute approximate surface area is 117 Å². The summed E-state index contributed by atoms with van der Waals surface area (Å²) in [6, 6.07) is 5.38. The van der Waals surface area contributed by atoms with Crippen LogP contribution in [0.4, 0.5) is 0 Å². The number of nitrogens with one attached hydrogen (secondary N) is 1. The Hall–Kier alpha value is -2.30. The number of amides is 1. The van der Waals surface area contributed by atoms with Crippen LogP contribution in [0.2, 0.25) is 0 Å². The summed E-state index contributed by atoms with van der Waals surface area (Å²) in [4.78, 5) is 22.1. The van der Waals surface area contributed by atoms with Gasteiger partial charge in [-0.25, -0.2) is 0 Å².